The van der Waals surface area contributed by atoms with E-state index < -0.39 is 0 Å². The number of nitrogens with zero attached hydrogens (tertiary/aromatic N) is 4. The van der Waals surface area contributed by atoms with Crippen molar-refractivity contribution in [2.45, 2.75) is 38.0 Å². The number of fused-ring (bicyclic) bond motifs is 1. The normalized spacial score (nSPS) is 11.2. The number of para-hydroxylation sites is 1. The second-order valence-corrected chi connectivity index (χ2v) is 7.94. The van der Waals surface area contributed by atoms with Crippen molar-refractivity contribution < 1.29 is 4.42 Å². The minimum absolute atomic E-state index is 0.0220. The molecule has 0 bridgehead atoms. The molecule has 0 unspecified atom stereocenters. The molecule has 6 nitrogen and oxygen atoms in total. The summed E-state index contributed by atoms with van der Waals surface area (Å²) in [7, 11) is 0. The van der Waals surface area contributed by atoms with Crippen LogP contribution in [-0.4, -0.2) is 25.5 Å². The number of benzene rings is 2. The predicted octanol–water partition coefficient (Wildman–Crippen LogP) is 4.25. The van der Waals surface area contributed by atoms with Gasteiger partial charge in [0.2, 0.25) is 5.89 Å². The van der Waals surface area contributed by atoms with Crippen LogP contribution in [0.1, 0.15) is 29.9 Å². The molecule has 0 N–H and O–H groups in total. The molecule has 4 aromatic rings. The average Bonchev–Trinajstić information content (AvgIpc) is 3.18. The Kier molecular flexibility index (Phi) is 6.05. The van der Waals surface area contributed by atoms with Crippen LogP contribution in [0.15, 0.2) is 69.3 Å². The summed E-state index contributed by atoms with van der Waals surface area (Å²) in [5.41, 5.74) is 2.98. The van der Waals surface area contributed by atoms with Gasteiger partial charge in [-0.15, -0.1) is 10.2 Å². The number of hydrogen-bond donors (Lipinski definition) is 0. The lowest BCUT2D eigenvalue weighted by Crippen LogP contribution is -2.21. The van der Waals surface area contributed by atoms with Gasteiger partial charge in [-0.1, -0.05) is 54.2 Å². The predicted molar refractivity (Wildman–Crippen MR) is 114 cm³/mol. The van der Waals surface area contributed by atoms with Gasteiger partial charge in [-0.25, -0.2) is 4.98 Å². The Bertz CT molecular complexity index is 1150. The summed E-state index contributed by atoms with van der Waals surface area (Å²) < 4.78 is 7.40. The van der Waals surface area contributed by atoms with E-state index in [4.69, 9.17) is 4.42 Å². The lowest BCUT2D eigenvalue weighted by Gasteiger charge is -2.07. The summed E-state index contributed by atoms with van der Waals surface area (Å²) in [6.45, 7) is 2.62. The van der Waals surface area contributed by atoms with Crippen molar-refractivity contribution in [1.29, 1.82) is 0 Å². The Balaban J connectivity index is 1.26. The van der Waals surface area contributed by atoms with Gasteiger partial charge >= 0.3 is 0 Å². The SMILES string of the molecule is Cc1cccc2c(=O)n(CCCCSc3nnc(Cc4ccccc4)o3)cnc12. The molecule has 0 saturated carbocycles. The molecule has 148 valence electrons. The molecule has 0 saturated heterocycles. The van der Waals surface area contributed by atoms with Gasteiger partial charge in [0.15, 0.2) is 0 Å². The number of rotatable bonds is 8. The zero-order valence-corrected chi connectivity index (χ0v) is 17.1. The molecule has 0 spiro atoms. The lowest BCUT2D eigenvalue weighted by atomic mass is 10.1. The molecule has 0 fully saturated rings. The number of hydrogen-bond acceptors (Lipinski definition) is 6. The van der Waals surface area contributed by atoms with E-state index in [9.17, 15) is 4.79 Å². The first kappa shape index (κ1) is 19.4. The molecule has 0 amide bonds. The smallest absolute Gasteiger partial charge is 0.276 e. The van der Waals surface area contributed by atoms with E-state index in [1.165, 1.54) is 0 Å². The van der Waals surface area contributed by atoms with Gasteiger partial charge in [0, 0.05) is 12.3 Å². The van der Waals surface area contributed by atoms with Crippen LogP contribution in [0, 0.1) is 6.92 Å². The van der Waals surface area contributed by atoms with Gasteiger partial charge in [0.1, 0.15) is 0 Å². The number of thioether (sulfide) groups is 1. The fourth-order valence-corrected chi connectivity index (χ4v) is 3.96. The fourth-order valence-electron chi connectivity index (χ4n) is 3.18. The molecule has 0 atom stereocenters. The highest BCUT2D eigenvalue weighted by molar-refractivity contribution is 7.99. The standard InChI is InChI=1S/C22H22N4O2S/c1-16-8-7-11-18-20(16)23-15-26(21(18)27)12-5-6-13-29-22-25-24-19(28-22)14-17-9-3-2-4-10-17/h2-4,7-11,15H,5-6,12-14H2,1H3. The van der Waals surface area contributed by atoms with E-state index >= 15 is 0 Å². The highest BCUT2D eigenvalue weighted by atomic mass is 32.2. The highest BCUT2D eigenvalue weighted by Crippen LogP contribution is 2.19. The second-order valence-electron chi connectivity index (χ2n) is 6.89. The Morgan fingerprint density at radius 2 is 1.90 bits per heavy atom. The first-order valence-electron chi connectivity index (χ1n) is 9.64. The van der Waals surface area contributed by atoms with Crippen LogP contribution < -0.4 is 5.56 Å². The minimum Gasteiger partial charge on any atom is -0.416 e. The fraction of sp³-hybridized carbons (Fsp3) is 0.273. The van der Waals surface area contributed by atoms with E-state index in [2.05, 4.69) is 15.2 Å². The summed E-state index contributed by atoms with van der Waals surface area (Å²) in [4.78, 5) is 17.1. The van der Waals surface area contributed by atoms with Gasteiger partial charge in [-0.05, 0) is 37.0 Å². The lowest BCUT2D eigenvalue weighted by molar-refractivity contribution is 0.420. The maximum Gasteiger partial charge on any atom is 0.276 e. The zero-order valence-electron chi connectivity index (χ0n) is 16.2. The Morgan fingerprint density at radius 1 is 1.03 bits per heavy atom. The van der Waals surface area contributed by atoms with Crippen molar-refractivity contribution in [3.63, 3.8) is 0 Å². The molecular formula is C22H22N4O2S. The number of unbranched alkanes of at least 4 members (excludes halogenated alkanes) is 1. The summed E-state index contributed by atoms with van der Waals surface area (Å²) in [6.07, 6.45) is 4.13. The molecule has 7 heteroatoms. The van der Waals surface area contributed by atoms with Crippen LogP contribution in [0.4, 0.5) is 0 Å². The number of aryl methyl sites for hydroxylation is 2. The number of aromatic nitrogens is 4. The third-order valence-electron chi connectivity index (χ3n) is 4.72. The molecule has 0 radical (unpaired) electrons. The Morgan fingerprint density at radius 3 is 2.76 bits per heavy atom. The van der Waals surface area contributed by atoms with Crippen LogP contribution in [0.5, 0.6) is 0 Å². The highest BCUT2D eigenvalue weighted by Gasteiger charge is 2.08. The maximum atomic E-state index is 12.6. The van der Waals surface area contributed by atoms with Crippen molar-refractivity contribution in [3.8, 4) is 0 Å². The van der Waals surface area contributed by atoms with E-state index in [1.807, 2.05) is 55.5 Å². The largest absolute Gasteiger partial charge is 0.416 e. The molecule has 0 aliphatic carbocycles. The van der Waals surface area contributed by atoms with E-state index in [1.54, 1.807) is 22.7 Å². The van der Waals surface area contributed by atoms with Gasteiger partial charge in [0.05, 0.1) is 23.7 Å². The van der Waals surface area contributed by atoms with Crippen LogP contribution in [-0.2, 0) is 13.0 Å². The average molecular weight is 407 g/mol. The molecule has 2 aromatic carbocycles. The zero-order chi connectivity index (χ0) is 20.1. The van der Waals surface area contributed by atoms with Crippen LogP contribution >= 0.6 is 11.8 Å². The second kappa shape index (κ2) is 9.05. The molecule has 29 heavy (non-hydrogen) atoms. The topological polar surface area (TPSA) is 73.8 Å². The Labute approximate surface area is 173 Å². The quantitative estimate of drug-likeness (QED) is 0.322. The summed E-state index contributed by atoms with van der Waals surface area (Å²) in [5, 5.41) is 9.49. The van der Waals surface area contributed by atoms with E-state index in [-0.39, 0.29) is 5.56 Å². The van der Waals surface area contributed by atoms with E-state index in [0.717, 1.165) is 35.2 Å². The molecule has 4 rings (SSSR count). The first-order valence-corrected chi connectivity index (χ1v) is 10.6. The third kappa shape index (κ3) is 4.74. The van der Waals surface area contributed by atoms with Gasteiger partial charge < -0.3 is 4.42 Å². The minimum atomic E-state index is 0.0220. The summed E-state index contributed by atoms with van der Waals surface area (Å²) in [5.74, 6) is 1.49. The summed E-state index contributed by atoms with van der Waals surface area (Å²) >= 11 is 1.55. The van der Waals surface area contributed by atoms with Crippen molar-refractivity contribution in [3.05, 3.63) is 82.2 Å². The molecule has 2 aromatic heterocycles. The van der Waals surface area contributed by atoms with Crippen LogP contribution in [0.3, 0.4) is 0 Å². The third-order valence-corrected chi connectivity index (χ3v) is 5.63. The van der Waals surface area contributed by atoms with Crippen molar-refractivity contribution in [1.82, 2.24) is 19.7 Å². The Hall–Kier alpha value is -2.93. The first-order chi connectivity index (χ1) is 14.2. The van der Waals surface area contributed by atoms with Crippen LogP contribution in [0.2, 0.25) is 0 Å². The van der Waals surface area contributed by atoms with E-state index in [0.29, 0.717) is 29.5 Å². The van der Waals surface area contributed by atoms with Crippen LogP contribution in [0.25, 0.3) is 10.9 Å². The van der Waals surface area contributed by atoms with Crippen molar-refractivity contribution in [2.75, 3.05) is 5.75 Å². The van der Waals surface area contributed by atoms with Crippen molar-refractivity contribution in [2.24, 2.45) is 0 Å². The monoisotopic (exact) mass is 406 g/mol. The van der Waals surface area contributed by atoms with Gasteiger partial charge in [0.25, 0.3) is 10.8 Å². The molecular weight excluding hydrogens is 384 g/mol. The molecule has 2 heterocycles. The van der Waals surface area contributed by atoms with Gasteiger partial charge in [-0.2, -0.15) is 0 Å². The maximum absolute atomic E-state index is 12.6. The molecule has 0 aliphatic heterocycles. The van der Waals surface area contributed by atoms with Crippen molar-refractivity contribution >= 4 is 22.7 Å². The van der Waals surface area contributed by atoms with Gasteiger partial charge in [-0.3, -0.25) is 9.36 Å². The molecule has 0 aliphatic rings. The summed E-state index contributed by atoms with van der Waals surface area (Å²) in [6, 6.07) is 15.8.